The maximum atomic E-state index is 13.6. The van der Waals surface area contributed by atoms with Gasteiger partial charge in [-0.05, 0) is 17.1 Å². The van der Waals surface area contributed by atoms with Gasteiger partial charge in [-0.1, -0.05) is 27.9 Å². The second kappa shape index (κ2) is 5.14. The number of halogens is 4. The number of aromatic nitrogens is 2. The lowest BCUT2D eigenvalue weighted by Gasteiger charge is -2.04. The molecule has 10 heteroatoms. The average molecular weight is 322 g/mol. The molecule has 0 N–H and O–H groups in total. The van der Waals surface area contributed by atoms with Crippen molar-refractivity contribution < 1.29 is 13.7 Å². The first-order valence-corrected chi connectivity index (χ1v) is 5.66. The normalized spacial score (nSPS) is 10.6. The van der Waals surface area contributed by atoms with Gasteiger partial charge < -0.3 is 10.1 Å². The Morgan fingerprint density at radius 1 is 1.25 bits per heavy atom. The summed E-state index contributed by atoms with van der Waals surface area (Å²) < 4.78 is 26.8. The van der Waals surface area contributed by atoms with E-state index in [1.165, 1.54) is 0 Å². The van der Waals surface area contributed by atoms with Gasteiger partial charge in [-0.3, -0.25) is 4.79 Å². The van der Waals surface area contributed by atoms with Crippen LogP contribution in [0.15, 0.2) is 23.0 Å². The fourth-order valence-electron chi connectivity index (χ4n) is 1.40. The highest BCUT2D eigenvalue weighted by atomic mass is 35.5. The molecule has 2 aromatic rings. The van der Waals surface area contributed by atoms with E-state index in [1.807, 2.05) is 0 Å². The maximum absolute atomic E-state index is 13.6. The Kier molecular flexibility index (Phi) is 3.69. The van der Waals surface area contributed by atoms with E-state index >= 15 is 0 Å². The molecule has 1 heterocycles. The quantitative estimate of drug-likeness (QED) is 0.629. The molecule has 0 unspecified atom stereocenters. The molecular weight excluding hydrogens is 319 g/mol. The topological polar surface area (TPSA) is 78.0 Å². The van der Waals surface area contributed by atoms with E-state index in [-0.39, 0.29) is 0 Å². The van der Waals surface area contributed by atoms with Gasteiger partial charge in [-0.15, -0.1) is 0 Å². The van der Waals surface area contributed by atoms with Crippen LogP contribution in [0.3, 0.4) is 0 Å². The van der Waals surface area contributed by atoms with Gasteiger partial charge in [0.2, 0.25) is 0 Å². The summed E-state index contributed by atoms with van der Waals surface area (Å²) in [5.74, 6) is -2.93. The van der Waals surface area contributed by atoms with Crippen molar-refractivity contribution in [2.24, 2.45) is 0 Å². The molecule has 104 valence electrons. The number of nitro groups is 1. The second-order valence-electron chi connectivity index (χ2n) is 3.52. The van der Waals surface area contributed by atoms with Crippen molar-refractivity contribution >= 4 is 29.0 Å². The van der Waals surface area contributed by atoms with Crippen LogP contribution in [0.25, 0.3) is 5.69 Å². The van der Waals surface area contributed by atoms with E-state index in [0.29, 0.717) is 10.7 Å². The van der Waals surface area contributed by atoms with Gasteiger partial charge in [0.05, 0.1) is 5.10 Å². The molecule has 0 bridgehead atoms. The van der Waals surface area contributed by atoms with Gasteiger partial charge in [-0.2, -0.15) is 0 Å². The molecule has 0 saturated carbocycles. The zero-order valence-corrected chi connectivity index (χ0v) is 10.8. The van der Waals surface area contributed by atoms with Crippen LogP contribution in [0.2, 0.25) is 10.0 Å². The summed E-state index contributed by atoms with van der Waals surface area (Å²) in [7, 11) is 0. The predicted molar refractivity (Wildman–Crippen MR) is 66.4 cm³/mol. The first kappa shape index (κ1) is 14.4. The van der Waals surface area contributed by atoms with Crippen LogP contribution >= 0.6 is 23.2 Å². The Bertz CT molecular complexity index is 779. The lowest BCUT2D eigenvalue weighted by Crippen LogP contribution is -2.24. The summed E-state index contributed by atoms with van der Waals surface area (Å²) in [5, 5.41) is 12.7. The second-order valence-corrected chi connectivity index (χ2v) is 4.28. The van der Waals surface area contributed by atoms with Gasteiger partial charge in [0.1, 0.15) is 16.5 Å². The van der Waals surface area contributed by atoms with Gasteiger partial charge in [0.25, 0.3) is 0 Å². The third-order valence-corrected chi connectivity index (χ3v) is 3.08. The third-order valence-electron chi connectivity index (χ3n) is 2.27. The molecule has 0 aliphatic carbocycles. The molecule has 0 spiro atoms. The molecule has 6 nitrogen and oxygen atoms in total. The van der Waals surface area contributed by atoms with Crippen LogP contribution in [0.5, 0.6) is 0 Å². The van der Waals surface area contributed by atoms with Crippen LogP contribution < -0.4 is 5.56 Å². The minimum atomic E-state index is -1.13. The zero-order chi connectivity index (χ0) is 15.0. The average Bonchev–Trinajstić information content (AvgIpc) is 2.37. The summed E-state index contributed by atoms with van der Waals surface area (Å²) in [6.45, 7) is 0. The van der Waals surface area contributed by atoms with Crippen LogP contribution in [-0.4, -0.2) is 14.7 Å². The van der Waals surface area contributed by atoms with Crippen LogP contribution in [0.4, 0.5) is 14.6 Å². The number of benzene rings is 1. The number of rotatable bonds is 2. The molecule has 0 radical (unpaired) electrons. The molecule has 2 rings (SSSR count). The van der Waals surface area contributed by atoms with Gasteiger partial charge in [0, 0.05) is 6.07 Å². The van der Waals surface area contributed by atoms with E-state index in [2.05, 4.69) is 5.10 Å². The van der Waals surface area contributed by atoms with E-state index in [0.717, 1.165) is 12.1 Å². The Balaban J connectivity index is 2.81. The number of hydrogen-bond donors (Lipinski definition) is 0. The standard InChI is InChI=1S/C10H3Cl2F2N3O3/c11-7-8(12)10(18)16(15-9(7)17(19)20)6-2-1-4(13)3-5(6)14/h1-3H. The maximum Gasteiger partial charge on any atom is 0.409 e. The highest BCUT2D eigenvalue weighted by molar-refractivity contribution is 6.43. The molecule has 1 aromatic heterocycles. The predicted octanol–water partition coefficient (Wildman–Crippen LogP) is 2.73. The van der Waals surface area contributed by atoms with Crippen molar-refractivity contribution in [1.29, 1.82) is 0 Å². The fraction of sp³-hybridized carbons (Fsp3) is 0. The number of nitrogens with zero attached hydrogens (tertiary/aromatic N) is 3. The van der Waals surface area contributed by atoms with Gasteiger partial charge in [-0.25, -0.2) is 8.78 Å². The fourth-order valence-corrected chi connectivity index (χ4v) is 1.75. The molecule has 0 atom stereocenters. The summed E-state index contributed by atoms with van der Waals surface area (Å²) in [4.78, 5) is 21.6. The molecule has 20 heavy (non-hydrogen) atoms. The van der Waals surface area contributed by atoms with Crippen molar-refractivity contribution in [3.63, 3.8) is 0 Å². The monoisotopic (exact) mass is 321 g/mol. The van der Waals surface area contributed by atoms with E-state index in [1.54, 1.807) is 0 Å². The summed E-state index contributed by atoms with van der Waals surface area (Å²) in [5.41, 5.74) is -1.55. The summed E-state index contributed by atoms with van der Waals surface area (Å²) in [6, 6.07) is 2.26. The van der Waals surface area contributed by atoms with Crippen molar-refractivity contribution in [1.82, 2.24) is 9.78 Å². The highest BCUT2D eigenvalue weighted by Crippen LogP contribution is 2.27. The molecule has 0 saturated heterocycles. The van der Waals surface area contributed by atoms with E-state index in [4.69, 9.17) is 23.2 Å². The molecular formula is C10H3Cl2F2N3O3. The van der Waals surface area contributed by atoms with Crippen molar-refractivity contribution in [2.75, 3.05) is 0 Å². The van der Waals surface area contributed by atoms with Gasteiger partial charge >= 0.3 is 11.4 Å². The van der Waals surface area contributed by atoms with Crippen molar-refractivity contribution in [3.05, 3.63) is 60.3 Å². The molecule has 0 fully saturated rings. The van der Waals surface area contributed by atoms with Crippen molar-refractivity contribution in [2.45, 2.75) is 0 Å². The lowest BCUT2D eigenvalue weighted by atomic mass is 10.3. The first-order valence-electron chi connectivity index (χ1n) is 4.91. The molecule has 0 aliphatic heterocycles. The SMILES string of the molecule is O=c1c(Cl)c(Cl)c([N+](=O)[O-])nn1-c1ccc(F)cc1F. The van der Waals surface area contributed by atoms with E-state index in [9.17, 15) is 23.7 Å². The summed E-state index contributed by atoms with van der Waals surface area (Å²) >= 11 is 11.1. The Morgan fingerprint density at radius 3 is 2.45 bits per heavy atom. The summed E-state index contributed by atoms with van der Waals surface area (Å²) in [6.07, 6.45) is 0. The minimum absolute atomic E-state index is 0.348. The first-order chi connectivity index (χ1) is 9.32. The Morgan fingerprint density at radius 2 is 1.90 bits per heavy atom. The highest BCUT2D eigenvalue weighted by Gasteiger charge is 2.26. The van der Waals surface area contributed by atoms with Crippen LogP contribution in [-0.2, 0) is 0 Å². The smallest absolute Gasteiger partial charge is 0.358 e. The Hall–Kier alpha value is -2.06. The largest absolute Gasteiger partial charge is 0.409 e. The molecule has 1 aromatic carbocycles. The third kappa shape index (κ3) is 2.35. The lowest BCUT2D eigenvalue weighted by molar-refractivity contribution is -0.390. The van der Waals surface area contributed by atoms with E-state index < -0.39 is 43.7 Å². The Labute approximate surface area is 119 Å². The van der Waals surface area contributed by atoms with Crippen LogP contribution in [0.1, 0.15) is 0 Å². The minimum Gasteiger partial charge on any atom is -0.358 e. The van der Waals surface area contributed by atoms with Crippen molar-refractivity contribution in [3.8, 4) is 5.69 Å². The number of hydrogen-bond acceptors (Lipinski definition) is 4. The van der Waals surface area contributed by atoms with Gasteiger partial charge in [0.15, 0.2) is 10.8 Å². The molecule has 0 amide bonds. The van der Waals surface area contributed by atoms with Crippen LogP contribution in [0, 0.1) is 21.7 Å². The zero-order valence-electron chi connectivity index (χ0n) is 9.31. The molecule has 0 aliphatic rings.